The number of anilines is 7. The minimum absolute atomic E-state index is 0.400. The van der Waals surface area contributed by atoms with Crippen LogP contribution in [0.5, 0.6) is 80.5 Å². The predicted octanol–water partition coefficient (Wildman–Crippen LogP) is 9.95. The van der Waals surface area contributed by atoms with Crippen molar-refractivity contribution in [2.24, 2.45) is 0 Å². The Balaban J connectivity index is 0.000000205. The fourth-order valence-corrected chi connectivity index (χ4v) is 12.6. The minimum Gasteiger partial charge on any atom is -0.490 e. The molecular weight excluding hydrogens is 1870 g/mol. The number of ether oxygens (including phenoxy) is 34. The van der Waals surface area contributed by atoms with E-state index in [0.29, 0.717) is 452 Å². The zero-order chi connectivity index (χ0) is 100. The molecule has 0 aromatic heterocycles. The van der Waals surface area contributed by atoms with Gasteiger partial charge in [-0.05, 0) is 97.8 Å². The molecule has 7 aromatic carbocycles. The first-order valence-corrected chi connectivity index (χ1v) is 49.1. The summed E-state index contributed by atoms with van der Waals surface area (Å²) in [7, 11) is 0. The average Bonchev–Trinajstić information content (AvgIpc) is 1.05. The van der Waals surface area contributed by atoms with Gasteiger partial charge in [-0.1, -0.05) is 0 Å². The fraction of sp³-hybridized carbons (Fsp3) is 0.588. The van der Waals surface area contributed by atoms with Gasteiger partial charge in [-0.3, -0.25) is 0 Å². The van der Waals surface area contributed by atoms with Gasteiger partial charge in [-0.15, -0.1) is 0 Å². The van der Waals surface area contributed by atoms with E-state index < -0.39 is 0 Å². The van der Waals surface area contributed by atoms with Crippen molar-refractivity contribution in [3.05, 3.63) is 127 Å². The van der Waals surface area contributed by atoms with Crippen molar-refractivity contribution in [3.8, 4) is 80.5 Å². The molecule has 0 aliphatic carbocycles. The molecule has 14 rings (SSSR count). The number of rotatable bonds is 0. The van der Waals surface area contributed by atoms with Gasteiger partial charge in [0, 0.05) is 161 Å². The van der Waals surface area contributed by atoms with E-state index in [1.807, 2.05) is 30.3 Å². The van der Waals surface area contributed by atoms with Crippen molar-refractivity contribution in [2.75, 3.05) is 397 Å². The van der Waals surface area contributed by atoms with Crippen molar-refractivity contribution in [1.29, 1.82) is 0 Å². The second kappa shape index (κ2) is 79.9. The third kappa shape index (κ3) is 57.7. The zero-order valence-electron chi connectivity index (χ0n) is 83.0. The smallest absolute Gasteiger partial charge is 0.163 e. The van der Waals surface area contributed by atoms with E-state index in [1.165, 1.54) is 0 Å². The number of nitrogen functional groups attached to an aromatic ring is 7. The summed E-state index contributed by atoms with van der Waals surface area (Å²) in [4.78, 5) is 0. The van der Waals surface area contributed by atoms with Crippen LogP contribution in [0.1, 0.15) is 38.5 Å². The molecule has 7 heterocycles. The molecule has 143 heavy (non-hydrogen) atoms. The van der Waals surface area contributed by atoms with E-state index in [9.17, 15) is 0 Å². The molecule has 0 amide bonds. The topological polar surface area (TPSA) is 496 Å². The highest BCUT2D eigenvalue weighted by atomic mass is 16.6. The maximum absolute atomic E-state index is 5.82. The molecule has 7 aromatic rings. The van der Waals surface area contributed by atoms with Crippen molar-refractivity contribution in [1.82, 2.24) is 0 Å². The van der Waals surface area contributed by atoms with Gasteiger partial charge in [0.05, 0.1) is 238 Å². The predicted molar refractivity (Wildman–Crippen MR) is 537 cm³/mol. The third-order valence-electron chi connectivity index (χ3n) is 19.6. The SMILES string of the molecule is Nc1ccc2c(c1)OCCCOCCCOCCCO2.Nc1ccc2c(c1)OCCCOCCOCCCO2.Nc1ccc2c(c1)OCCOCCCOCCO2.Nc1ccc2c(c1)OCCOCCOCCO2.Nc1ccc2c(c1)OCCOCCOCCOCCO2.Nc1ccc2c(c1)OCCOCCOCCOCCOCCO2.Nc1ccc2c(c1)OCCOCCOCCOCCOCCOCCO2. The molecule has 0 spiro atoms. The lowest BCUT2D eigenvalue weighted by Gasteiger charge is -2.15. The average molecular weight is 2020 g/mol. The van der Waals surface area contributed by atoms with Crippen LogP contribution >= 0.6 is 0 Å². The van der Waals surface area contributed by atoms with Crippen LogP contribution in [0.4, 0.5) is 39.8 Å². The summed E-state index contributed by atoms with van der Waals surface area (Å²) in [6.45, 7) is 29.6. The molecule has 41 nitrogen and oxygen atoms in total. The zero-order valence-corrected chi connectivity index (χ0v) is 83.0. The van der Waals surface area contributed by atoms with Crippen LogP contribution in [-0.4, -0.2) is 357 Å². The van der Waals surface area contributed by atoms with Crippen molar-refractivity contribution >= 4 is 39.8 Å². The Bertz CT molecular complexity index is 4260. The first kappa shape index (κ1) is 118. The highest BCUT2D eigenvalue weighted by molar-refractivity contribution is 5.57. The lowest BCUT2D eigenvalue weighted by atomic mass is 10.3. The summed E-state index contributed by atoms with van der Waals surface area (Å²) in [5.41, 5.74) is 44.9. The second-order valence-electron chi connectivity index (χ2n) is 31.2. The second-order valence-corrected chi connectivity index (χ2v) is 31.2. The largest absolute Gasteiger partial charge is 0.490 e. The van der Waals surface area contributed by atoms with Crippen molar-refractivity contribution in [2.45, 2.75) is 38.5 Å². The summed E-state index contributed by atoms with van der Waals surface area (Å²) >= 11 is 0. The number of fused-ring (bicyclic) bond motifs is 7. The molecule has 14 N–H and O–H groups in total. The molecule has 0 bridgehead atoms. The van der Waals surface area contributed by atoms with Gasteiger partial charge in [0.25, 0.3) is 0 Å². The highest BCUT2D eigenvalue weighted by Crippen LogP contribution is 2.36. The van der Waals surface area contributed by atoms with Gasteiger partial charge >= 0.3 is 0 Å². The van der Waals surface area contributed by atoms with Gasteiger partial charge in [-0.2, -0.15) is 0 Å². The van der Waals surface area contributed by atoms with E-state index >= 15 is 0 Å². The molecule has 7 aliphatic heterocycles. The molecule has 0 radical (unpaired) electrons. The van der Waals surface area contributed by atoms with Gasteiger partial charge in [0.2, 0.25) is 0 Å². The first-order chi connectivity index (χ1) is 70.5. The standard InChI is InChI=1S/C18H29NO7.C16H25NO6.C15H23NO4.C14H21NO5.C14H21NO4.C13H19NO4.C12H17NO4/c19-16-1-2-17-18(15-16)26-14-12-24-10-8-22-6-4-20-3-5-21-7-9-23-11-13-25-17;17-14-1-2-15-16(13-14)23-12-10-21-8-6-19-4-3-18-5-7-20-9-11-22-15;16-13-4-5-14-15(12-13)20-11-3-9-18-7-1-6-17-8-2-10-19-14;15-12-1-2-13-14(11-12)20-10-8-18-6-4-16-3-5-17-7-9-19-13;15-12-3-4-13-14(11-12)19-8-2-6-17-10-9-16-5-1-7-18-13;14-11-2-3-12-13(10-11)18-9-7-16-5-1-4-15-6-8-17-12;13-10-1-2-11-12(9-10)17-8-6-15-4-3-14-5-7-16-11/h1-2,15H,3-14,19H2;1-2,13H,3-12,17H2;4-5,12H,1-3,6-11,16H2;1-2,11H,3-10,15H2;3-4,11H,1-2,5-10,15H2;2-3,10H,1,4-9,14H2;1-2,9H,3-8,13H2. The molecule has 0 saturated heterocycles. The summed E-state index contributed by atoms with van der Waals surface area (Å²) in [6, 6.07) is 37.5. The summed E-state index contributed by atoms with van der Waals surface area (Å²) in [5.74, 6) is 9.27. The van der Waals surface area contributed by atoms with Crippen LogP contribution < -0.4 is 106 Å². The van der Waals surface area contributed by atoms with Crippen LogP contribution in [0.15, 0.2) is 127 Å². The summed E-state index contributed by atoms with van der Waals surface area (Å²) in [6.07, 6.45) is 5.18. The van der Waals surface area contributed by atoms with Gasteiger partial charge in [0.15, 0.2) is 80.5 Å². The Morgan fingerprint density at radius 2 is 0.189 bits per heavy atom. The summed E-state index contributed by atoms with van der Waals surface area (Å²) < 4.78 is 188. The van der Waals surface area contributed by atoms with Crippen LogP contribution in [-0.2, 0) is 94.7 Å². The molecule has 0 atom stereocenters. The molecule has 802 valence electrons. The van der Waals surface area contributed by atoms with E-state index in [2.05, 4.69) is 0 Å². The normalized spacial score (nSPS) is 18.9. The molecule has 0 fully saturated rings. The minimum atomic E-state index is 0.400. The van der Waals surface area contributed by atoms with E-state index in [4.69, 9.17) is 201 Å². The number of nitrogens with two attached hydrogens (primary N) is 7. The maximum atomic E-state index is 5.82. The van der Waals surface area contributed by atoms with E-state index in [-0.39, 0.29) is 0 Å². The first-order valence-electron chi connectivity index (χ1n) is 49.1. The number of hydrogen-bond acceptors (Lipinski definition) is 41. The molecule has 0 unspecified atom stereocenters. The quantitative estimate of drug-likeness (QED) is 0.0694. The van der Waals surface area contributed by atoms with Crippen molar-refractivity contribution < 1.29 is 161 Å². The van der Waals surface area contributed by atoms with Crippen LogP contribution in [0.3, 0.4) is 0 Å². The van der Waals surface area contributed by atoms with Crippen LogP contribution in [0, 0.1) is 0 Å². The lowest BCUT2D eigenvalue weighted by Crippen LogP contribution is -2.16. The van der Waals surface area contributed by atoms with Gasteiger partial charge in [0.1, 0.15) is 66.1 Å². The Morgan fingerprint density at radius 1 is 0.0979 bits per heavy atom. The molecular formula is C102H155N7O34. The number of benzene rings is 7. The number of hydrogen-bond donors (Lipinski definition) is 7. The fourth-order valence-electron chi connectivity index (χ4n) is 12.6. The Morgan fingerprint density at radius 3 is 0.329 bits per heavy atom. The van der Waals surface area contributed by atoms with E-state index in [1.54, 1.807) is 97.1 Å². The third-order valence-corrected chi connectivity index (χ3v) is 19.6. The Hall–Kier alpha value is -10.5. The molecule has 41 heteroatoms. The highest BCUT2D eigenvalue weighted by Gasteiger charge is 2.17. The van der Waals surface area contributed by atoms with E-state index in [0.717, 1.165) is 63.2 Å². The molecule has 7 aliphatic rings. The van der Waals surface area contributed by atoms with Gasteiger partial charge < -0.3 is 201 Å². The maximum Gasteiger partial charge on any atom is 0.163 e. The molecule has 0 saturated carbocycles. The Kier molecular flexibility index (Phi) is 65.8. The van der Waals surface area contributed by atoms with Crippen LogP contribution in [0.2, 0.25) is 0 Å². The van der Waals surface area contributed by atoms with Crippen LogP contribution in [0.25, 0.3) is 0 Å². The monoisotopic (exact) mass is 2020 g/mol. The summed E-state index contributed by atoms with van der Waals surface area (Å²) in [5, 5.41) is 0. The Labute approximate surface area is 840 Å². The van der Waals surface area contributed by atoms with Gasteiger partial charge in [-0.25, -0.2) is 0 Å². The van der Waals surface area contributed by atoms with Crippen molar-refractivity contribution in [3.63, 3.8) is 0 Å². The lowest BCUT2D eigenvalue weighted by molar-refractivity contribution is -0.0134.